The van der Waals surface area contributed by atoms with Gasteiger partial charge in [0.05, 0.1) is 21.7 Å². The van der Waals surface area contributed by atoms with Crippen LogP contribution in [0.15, 0.2) is 36.4 Å². The Kier molecular flexibility index (Phi) is 6.49. The van der Waals surface area contributed by atoms with Gasteiger partial charge < -0.3 is 10.6 Å². The first-order valence-electron chi connectivity index (χ1n) is 9.56. The quantitative estimate of drug-likeness (QED) is 0.431. The number of nitro groups is 1. The molecule has 1 aliphatic carbocycles. The largest absolute Gasteiger partial charge is 0.341 e. The van der Waals surface area contributed by atoms with Gasteiger partial charge in [0.2, 0.25) is 0 Å². The fourth-order valence-electron chi connectivity index (χ4n) is 3.52. The Morgan fingerprint density at radius 1 is 1.10 bits per heavy atom. The van der Waals surface area contributed by atoms with Crippen molar-refractivity contribution in [1.82, 2.24) is 5.32 Å². The van der Waals surface area contributed by atoms with E-state index in [9.17, 15) is 19.7 Å². The number of benzene rings is 2. The van der Waals surface area contributed by atoms with Gasteiger partial charge in [-0.15, -0.1) is 0 Å². The van der Waals surface area contributed by atoms with Crippen molar-refractivity contribution in [3.8, 4) is 0 Å². The van der Waals surface area contributed by atoms with Gasteiger partial charge in [-0.2, -0.15) is 0 Å². The predicted molar refractivity (Wildman–Crippen MR) is 111 cm³/mol. The lowest BCUT2D eigenvalue weighted by atomic mass is 9.89. The van der Waals surface area contributed by atoms with Gasteiger partial charge in [0.15, 0.2) is 0 Å². The summed E-state index contributed by atoms with van der Waals surface area (Å²) >= 11 is 5.98. The third kappa shape index (κ3) is 4.92. The van der Waals surface area contributed by atoms with Gasteiger partial charge in [0.1, 0.15) is 0 Å². The highest BCUT2D eigenvalue weighted by Crippen LogP contribution is 2.28. The number of hydrogen-bond acceptors (Lipinski definition) is 4. The van der Waals surface area contributed by atoms with Crippen molar-refractivity contribution in [2.75, 3.05) is 5.32 Å². The Hall–Kier alpha value is -2.93. The molecule has 2 aromatic rings. The average molecular weight is 416 g/mol. The second-order valence-corrected chi connectivity index (χ2v) is 7.45. The van der Waals surface area contributed by atoms with E-state index in [0.717, 1.165) is 30.9 Å². The number of nitrogens with one attached hydrogen (secondary N) is 2. The minimum absolute atomic E-state index is 0.0165. The number of non-ortho nitro benzene ring substituents is 1. The lowest BCUT2D eigenvalue weighted by Gasteiger charge is -2.21. The summed E-state index contributed by atoms with van der Waals surface area (Å²) in [7, 11) is 0. The van der Waals surface area contributed by atoms with Gasteiger partial charge in [-0.3, -0.25) is 19.7 Å². The van der Waals surface area contributed by atoms with Gasteiger partial charge >= 0.3 is 11.8 Å². The molecule has 3 rings (SSSR count). The number of carbonyl (C=O) groups excluding carboxylic acids is 2. The van der Waals surface area contributed by atoms with E-state index in [-0.39, 0.29) is 22.4 Å². The van der Waals surface area contributed by atoms with Gasteiger partial charge in [0, 0.05) is 12.1 Å². The average Bonchev–Trinajstić information content (AvgIpc) is 2.72. The molecule has 2 N–H and O–H groups in total. The Labute approximate surface area is 173 Å². The van der Waals surface area contributed by atoms with Crippen LogP contribution in [-0.4, -0.2) is 16.7 Å². The molecule has 1 atom stereocenters. The van der Waals surface area contributed by atoms with Crippen molar-refractivity contribution in [2.24, 2.45) is 0 Å². The molecule has 8 heteroatoms. The van der Waals surface area contributed by atoms with E-state index in [0.29, 0.717) is 6.42 Å². The van der Waals surface area contributed by atoms with Crippen LogP contribution < -0.4 is 10.6 Å². The van der Waals surface area contributed by atoms with Gasteiger partial charge in [-0.1, -0.05) is 36.7 Å². The van der Waals surface area contributed by atoms with Crippen LogP contribution in [0.5, 0.6) is 0 Å². The maximum Gasteiger partial charge on any atom is 0.313 e. The molecule has 7 nitrogen and oxygen atoms in total. The molecule has 2 aromatic carbocycles. The van der Waals surface area contributed by atoms with Gasteiger partial charge in [-0.05, 0) is 54.9 Å². The minimum Gasteiger partial charge on any atom is -0.341 e. The smallest absolute Gasteiger partial charge is 0.313 e. The molecule has 0 saturated carbocycles. The van der Waals surface area contributed by atoms with Crippen LogP contribution >= 0.6 is 11.6 Å². The molecule has 0 heterocycles. The summed E-state index contributed by atoms with van der Waals surface area (Å²) in [4.78, 5) is 35.0. The first kappa shape index (κ1) is 20.8. The van der Waals surface area contributed by atoms with E-state index in [1.165, 1.54) is 29.7 Å². The summed E-state index contributed by atoms with van der Waals surface area (Å²) in [5.74, 6) is -1.75. The van der Waals surface area contributed by atoms with E-state index in [1.54, 1.807) is 0 Å². The number of amides is 2. The number of halogens is 1. The Morgan fingerprint density at radius 3 is 2.52 bits per heavy atom. The lowest BCUT2D eigenvalue weighted by Crippen LogP contribution is -2.37. The van der Waals surface area contributed by atoms with Gasteiger partial charge in [0.25, 0.3) is 5.69 Å². The topological polar surface area (TPSA) is 101 Å². The highest BCUT2D eigenvalue weighted by Gasteiger charge is 2.22. The summed E-state index contributed by atoms with van der Waals surface area (Å²) in [6, 6.07) is 9.54. The molecular weight excluding hydrogens is 394 g/mol. The van der Waals surface area contributed by atoms with Crippen LogP contribution in [-0.2, 0) is 22.4 Å². The summed E-state index contributed by atoms with van der Waals surface area (Å²) in [5.41, 5.74) is 3.39. The van der Waals surface area contributed by atoms with Crippen molar-refractivity contribution < 1.29 is 14.5 Å². The number of aryl methyl sites for hydroxylation is 2. The zero-order valence-corrected chi connectivity index (χ0v) is 16.8. The van der Waals surface area contributed by atoms with Crippen LogP contribution in [0, 0.1) is 10.1 Å². The number of rotatable bonds is 5. The molecular formula is C21H22ClN3O4. The maximum atomic E-state index is 12.4. The Balaban J connectivity index is 1.70. The molecule has 0 aromatic heterocycles. The van der Waals surface area contributed by atoms with E-state index in [4.69, 9.17) is 11.6 Å². The van der Waals surface area contributed by atoms with Crippen molar-refractivity contribution in [3.63, 3.8) is 0 Å². The second-order valence-electron chi connectivity index (χ2n) is 7.04. The van der Waals surface area contributed by atoms with Crippen molar-refractivity contribution in [1.29, 1.82) is 0 Å². The van der Waals surface area contributed by atoms with Crippen LogP contribution in [0.2, 0.25) is 5.02 Å². The standard InChI is InChI=1S/C21H22ClN3O4/c1-2-18(15-8-7-13-5-3-4-6-14(13)11-15)23-20(26)21(27)24-19-12-16(25(28)29)9-10-17(19)22/h7-12,18H,2-6H2,1H3,(H,23,26)(H,24,27). The normalized spacial score (nSPS) is 13.9. The molecule has 0 saturated heterocycles. The second kappa shape index (κ2) is 9.05. The molecule has 2 amide bonds. The molecule has 1 unspecified atom stereocenters. The summed E-state index contributed by atoms with van der Waals surface area (Å²) < 4.78 is 0. The molecule has 29 heavy (non-hydrogen) atoms. The molecule has 152 valence electrons. The van der Waals surface area contributed by atoms with Crippen LogP contribution in [0.25, 0.3) is 0 Å². The number of nitrogens with zero attached hydrogens (tertiary/aromatic N) is 1. The predicted octanol–water partition coefficient (Wildman–Crippen LogP) is 4.33. The number of nitro benzene ring substituents is 1. The monoisotopic (exact) mass is 415 g/mol. The highest BCUT2D eigenvalue weighted by atomic mass is 35.5. The number of fused-ring (bicyclic) bond motifs is 1. The van der Waals surface area contributed by atoms with Crippen molar-refractivity contribution in [2.45, 2.75) is 45.1 Å². The maximum absolute atomic E-state index is 12.4. The fraction of sp³-hybridized carbons (Fsp3) is 0.333. The SMILES string of the molecule is CCC(NC(=O)C(=O)Nc1cc([N+](=O)[O-])ccc1Cl)c1ccc2c(c1)CCCC2. The number of hydrogen-bond donors (Lipinski definition) is 2. The molecule has 0 radical (unpaired) electrons. The van der Waals surface area contributed by atoms with Crippen molar-refractivity contribution >= 4 is 34.8 Å². The third-order valence-corrected chi connectivity index (χ3v) is 5.43. The molecule has 1 aliphatic rings. The van der Waals surface area contributed by atoms with E-state index in [2.05, 4.69) is 22.8 Å². The summed E-state index contributed by atoms with van der Waals surface area (Å²) in [5, 5.41) is 16.1. The van der Waals surface area contributed by atoms with Crippen LogP contribution in [0.3, 0.4) is 0 Å². The van der Waals surface area contributed by atoms with Crippen LogP contribution in [0.1, 0.15) is 48.9 Å². The van der Waals surface area contributed by atoms with E-state index < -0.39 is 16.7 Å². The lowest BCUT2D eigenvalue weighted by molar-refractivity contribution is -0.384. The third-order valence-electron chi connectivity index (χ3n) is 5.10. The molecule has 0 spiro atoms. The van der Waals surface area contributed by atoms with E-state index in [1.807, 2.05) is 13.0 Å². The fourth-order valence-corrected chi connectivity index (χ4v) is 3.68. The first-order chi connectivity index (χ1) is 13.9. The summed E-state index contributed by atoms with van der Waals surface area (Å²) in [6.45, 7) is 1.93. The zero-order chi connectivity index (χ0) is 21.0. The Bertz CT molecular complexity index is 961. The molecule has 0 bridgehead atoms. The van der Waals surface area contributed by atoms with E-state index >= 15 is 0 Å². The van der Waals surface area contributed by atoms with Gasteiger partial charge in [-0.25, -0.2) is 0 Å². The van der Waals surface area contributed by atoms with Crippen molar-refractivity contribution in [3.05, 3.63) is 68.2 Å². The molecule has 0 fully saturated rings. The van der Waals surface area contributed by atoms with Crippen LogP contribution in [0.4, 0.5) is 11.4 Å². The molecule has 0 aliphatic heterocycles. The Morgan fingerprint density at radius 2 is 1.83 bits per heavy atom. The number of carbonyl (C=O) groups is 2. The minimum atomic E-state index is -0.927. The highest BCUT2D eigenvalue weighted by molar-refractivity contribution is 6.41. The summed E-state index contributed by atoms with van der Waals surface area (Å²) in [6.07, 6.45) is 5.08. The zero-order valence-electron chi connectivity index (χ0n) is 16.0. The number of anilines is 1. The first-order valence-corrected chi connectivity index (χ1v) is 9.94.